The topological polar surface area (TPSA) is 90.5 Å². The van der Waals surface area contributed by atoms with E-state index < -0.39 is 5.97 Å². The first-order valence-corrected chi connectivity index (χ1v) is 7.19. The molecule has 21 heavy (non-hydrogen) atoms. The molecule has 1 aliphatic rings. The largest absolute Gasteiger partial charge is 0.478 e. The number of para-hydroxylation sites is 1. The number of carbonyl (C=O) groups excluding carboxylic acids is 1. The predicted molar refractivity (Wildman–Crippen MR) is 80.8 cm³/mol. The Labute approximate surface area is 123 Å². The molecule has 0 spiro atoms. The SMILES string of the molecule is Cc1cccc(C(=O)O)c1NC(=O)NCCCNC1CC1. The van der Waals surface area contributed by atoms with Gasteiger partial charge < -0.3 is 21.1 Å². The van der Waals surface area contributed by atoms with E-state index in [9.17, 15) is 9.59 Å². The number of nitrogens with one attached hydrogen (secondary N) is 3. The van der Waals surface area contributed by atoms with Gasteiger partial charge in [-0.3, -0.25) is 0 Å². The van der Waals surface area contributed by atoms with Gasteiger partial charge in [0.2, 0.25) is 0 Å². The number of anilines is 1. The summed E-state index contributed by atoms with van der Waals surface area (Å²) in [7, 11) is 0. The Morgan fingerprint density at radius 1 is 1.29 bits per heavy atom. The van der Waals surface area contributed by atoms with Gasteiger partial charge in [-0.15, -0.1) is 0 Å². The molecule has 0 bridgehead atoms. The fraction of sp³-hybridized carbons (Fsp3) is 0.467. The van der Waals surface area contributed by atoms with E-state index in [0.717, 1.165) is 18.5 Å². The summed E-state index contributed by atoms with van der Waals surface area (Å²) in [4.78, 5) is 23.0. The summed E-state index contributed by atoms with van der Waals surface area (Å²) in [5, 5.41) is 17.8. The van der Waals surface area contributed by atoms with Crippen LogP contribution in [0.4, 0.5) is 10.5 Å². The van der Waals surface area contributed by atoms with Crippen LogP contribution in [-0.2, 0) is 0 Å². The van der Waals surface area contributed by atoms with Crippen molar-refractivity contribution in [1.82, 2.24) is 10.6 Å². The van der Waals surface area contributed by atoms with Gasteiger partial charge in [-0.2, -0.15) is 0 Å². The lowest BCUT2D eigenvalue weighted by atomic mass is 10.1. The second-order valence-corrected chi connectivity index (χ2v) is 5.27. The van der Waals surface area contributed by atoms with Crippen LogP contribution in [0.15, 0.2) is 18.2 Å². The van der Waals surface area contributed by atoms with Crippen molar-refractivity contribution in [3.8, 4) is 0 Å². The molecule has 2 rings (SSSR count). The quantitative estimate of drug-likeness (QED) is 0.578. The molecule has 6 nitrogen and oxygen atoms in total. The fourth-order valence-electron chi connectivity index (χ4n) is 2.05. The van der Waals surface area contributed by atoms with Crippen LogP contribution < -0.4 is 16.0 Å². The average Bonchev–Trinajstić information content (AvgIpc) is 3.24. The molecule has 114 valence electrons. The normalized spacial score (nSPS) is 13.8. The molecule has 0 saturated heterocycles. The highest BCUT2D eigenvalue weighted by atomic mass is 16.4. The summed E-state index contributed by atoms with van der Waals surface area (Å²) < 4.78 is 0. The molecule has 0 aliphatic heterocycles. The molecule has 0 radical (unpaired) electrons. The van der Waals surface area contributed by atoms with Gasteiger partial charge in [0.05, 0.1) is 11.3 Å². The number of aryl methyl sites for hydroxylation is 1. The van der Waals surface area contributed by atoms with E-state index in [0.29, 0.717) is 18.3 Å². The van der Waals surface area contributed by atoms with Gasteiger partial charge >= 0.3 is 12.0 Å². The van der Waals surface area contributed by atoms with Crippen molar-refractivity contribution in [2.75, 3.05) is 18.4 Å². The highest BCUT2D eigenvalue weighted by Gasteiger charge is 2.19. The Balaban J connectivity index is 1.80. The molecule has 1 aromatic carbocycles. The van der Waals surface area contributed by atoms with Crippen molar-refractivity contribution < 1.29 is 14.7 Å². The number of hydrogen-bond donors (Lipinski definition) is 4. The number of rotatable bonds is 7. The number of hydrogen-bond acceptors (Lipinski definition) is 3. The van der Waals surface area contributed by atoms with Crippen LogP contribution in [0.3, 0.4) is 0 Å². The smallest absolute Gasteiger partial charge is 0.337 e. The Kier molecular flexibility index (Phi) is 5.16. The van der Waals surface area contributed by atoms with Crippen LogP contribution >= 0.6 is 0 Å². The standard InChI is InChI=1S/C15H21N3O3/c1-10-4-2-5-12(14(19)20)13(10)18-15(21)17-9-3-8-16-11-6-7-11/h2,4-5,11,16H,3,6-9H2,1H3,(H,19,20)(H2,17,18,21). The van der Waals surface area contributed by atoms with Crippen molar-refractivity contribution >= 4 is 17.7 Å². The maximum absolute atomic E-state index is 11.8. The molecule has 4 N–H and O–H groups in total. The second-order valence-electron chi connectivity index (χ2n) is 5.27. The third-order valence-electron chi connectivity index (χ3n) is 3.39. The third kappa shape index (κ3) is 4.75. The lowest BCUT2D eigenvalue weighted by molar-refractivity contribution is 0.0698. The van der Waals surface area contributed by atoms with Crippen LogP contribution in [0, 0.1) is 6.92 Å². The number of urea groups is 1. The van der Waals surface area contributed by atoms with Crippen LogP contribution in [0.2, 0.25) is 0 Å². The zero-order chi connectivity index (χ0) is 15.2. The first-order chi connectivity index (χ1) is 10.1. The van der Waals surface area contributed by atoms with E-state index in [1.807, 2.05) is 0 Å². The van der Waals surface area contributed by atoms with E-state index >= 15 is 0 Å². The number of carboxylic acid groups (broad SMARTS) is 1. The molecule has 0 heterocycles. The van der Waals surface area contributed by atoms with Crippen molar-refractivity contribution in [3.05, 3.63) is 29.3 Å². The lowest BCUT2D eigenvalue weighted by Crippen LogP contribution is -2.32. The Morgan fingerprint density at radius 2 is 2.05 bits per heavy atom. The maximum atomic E-state index is 11.8. The highest BCUT2D eigenvalue weighted by molar-refractivity contribution is 6.00. The molecule has 0 unspecified atom stereocenters. The molecule has 1 saturated carbocycles. The van der Waals surface area contributed by atoms with E-state index in [1.54, 1.807) is 19.1 Å². The van der Waals surface area contributed by atoms with E-state index in [4.69, 9.17) is 5.11 Å². The van der Waals surface area contributed by atoms with Gasteiger partial charge in [-0.1, -0.05) is 12.1 Å². The van der Waals surface area contributed by atoms with Gasteiger partial charge in [0.25, 0.3) is 0 Å². The van der Waals surface area contributed by atoms with Crippen LogP contribution in [0.1, 0.15) is 35.2 Å². The zero-order valence-electron chi connectivity index (χ0n) is 12.1. The number of carboxylic acids is 1. The second kappa shape index (κ2) is 7.08. The minimum Gasteiger partial charge on any atom is -0.478 e. The molecule has 6 heteroatoms. The lowest BCUT2D eigenvalue weighted by Gasteiger charge is -2.12. The number of amides is 2. The van der Waals surface area contributed by atoms with E-state index in [2.05, 4.69) is 16.0 Å². The molecule has 2 amide bonds. The first kappa shape index (κ1) is 15.3. The molecule has 1 aromatic rings. The summed E-state index contributed by atoms with van der Waals surface area (Å²) in [5.74, 6) is -1.05. The van der Waals surface area contributed by atoms with Crippen molar-refractivity contribution in [1.29, 1.82) is 0 Å². The molecule has 1 fully saturated rings. The zero-order valence-corrected chi connectivity index (χ0v) is 12.1. The Morgan fingerprint density at radius 3 is 2.71 bits per heavy atom. The molecular formula is C15H21N3O3. The molecule has 0 aromatic heterocycles. The minimum atomic E-state index is -1.05. The van der Waals surface area contributed by atoms with Crippen molar-refractivity contribution in [3.63, 3.8) is 0 Å². The highest BCUT2D eigenvalue weighted by Crippen LogP contribution is 2.20. The summed E-state index contributed by atoms with van der Waals surface area (Å²) >= 11 is 0. The molecular weight excluding hydrogens is 270 g/mol. The van der Waals surface area contributed by atoms with Crippen LogP contribution in [0.5, 0.6) is 0 Å². The number of aromatic carboxylic acids is 1. The summed E-state index contributed by atoms with van der Waals surface area (Å²) in [6.45, 7) is 3.21. The number of benzene rings is 1. The van der Waals surface area contributed by atoms with E-state index in [1.165, 1.54) is 18.9 Å². The van der Waals surface area contributed by atoms with Crippen LogP contribution in [-0.4, -0.2) is 36.2 Å². The van der Waals surface area contributed by atoms with E-state index in [-0.39, 0.29) is 11.6 Å². The third-order valence-corrected chi connectivity index (χ3v) is 3.39. The summed E-state index contributed by atoms with van der Waals surface area (Å²) in [5.41, 5.74) is 1.17. The van der Waals surface area contributed by atoms with Crippen molar-refractivity contribution in [2.45, 2.75) is 32.2 Å². The summed E-state index contributed by atoms with van der Waals surface area (Å²) in [6.07, 6.45) is 3.35. The summed E-state index contributed by atoms with van der Waals surface area (Å²) in [6, 6.07) is 5.19. The van der Waals surface area contributed by atoms with Gasteiger partial charge in [0.1, 0.15) is 0 Å². The number of carbonyl (C=O) groups is 2. The van der Waals surface area contributed by atoms with Gasteiger partial charge in [0.15, 0.2) is 0 Å². The maximum Gasteiger partial charge on any atom is 0.337 e. The fourth-order valence-corrected chi connectivity index (χ4v) is 2.05. The first-order valence-electron chi connectivity index (χ1n) is 7.19. The van der Waals surface area contributed by atoms with Crippen molar-refractivity contribution in [2.24, 2.45) is 0 Å². The Bertz CT molecular complexity index is 527. The van der Waals surface area contributed by atoms with Gasteiger partial charge in [-0.25, -0.2) is 9.59 Å². The van der Waals surface area contributed by atoms with Gasteiger partial charge in [-0.05, 0) is 44.4 Å². The molecule has 0 atom stereocenters. The molecule has 1 aliphatic carbocycles. The van der Waals surface area contributed by atoms with Crippen LogP contribution in [0.25, 0.3) is 0 Å². The van der Waals surface area contributed by atoms with Gasteiger partial charge in [0, 0.05) is 12.6 Å². The minimum absolute atomic E-state index is 0.0977. The predicted octanol–water partition coefficient (Wildman–Crippen LogP) is 1.96. The average molecular weight is 291 g/mol. The monoisotopic (exact) mass is 291 g/mol. The Hall–Kier alpha value is -2.08.